The molecule has 0 fully saturated rings. The third-order valence-electron chi connectivity index (χ3n) is 5.97. The van der Waals surface area contributed by atoms with Gasteiger partial charge in [-0.05, 0) is 60.2 Å². The van der Waals surface area contributed by atoms with Crippen LogP contribution in [0.4, 0.5) is 24.7 Å². The first-order valence-corrected chi connectivity index (χ1v) is 11.1. The minimum Gasteiger partial charge on any atom is -0.380 e. The van der Waals surface area contributed by atoms with Gasteiger partial charge < -0.3 is 15.0 Å². The molecule has 0 amide bonds. The summed E-state index contributed by atoms with van der Waals surface area (Å²) in [4.78, 5) is 6.74. The number of pyridine rings is 1. The Morgan fingerprint density at radius 2 is 1.88 bits per heavy atom. The van der Waals surface area contributed by atoms with E-state index in [4.69, 9.17) is 4.74 Å². The molecule has 33 heavy (non-hydrogen) atoms. The molecule has 2 heterocycles. The molecule has 1 atom stereocenters. The smallest absolute Gasteiger partial charge is 0.380 e. The second kappa shape index (κ2) is 9.83. The summed E-state index contributed by atoms with van der Waals surface area (Å²) in [5.74, 6) is 0.757. The van der Waals surface area contributed by atoms with Crippen molar-refractivity contribution in [2.45, 2.75) is 45.1 Å². The highest BCUT2D eigenvalue weighted by Gasteiger charge is 2.31. The van der Waals surface area contributed by atoms with E-state index in [9.17, 15) is 13.2 Å². The zero-order valence-electron chi connectivity index (χ0n) is 18.8. The van der Waals surface area contributed by atoms with Gasteiger partial charge in [-0.25, -0.2) is 4.98 Å². The van der Waals surface area contributed by atoms with E-state index in [1.807, 2.05) is 18.2 Å². The van der Waals surface area contributed by atoms with Crippen LogP contribution in [0.15, 0.2) is 60.8 Å². The zero-order valence-corrected chi connectivity index (χ0v) is 18.8. The Balaban J connectivity index is 1.57. The van der Waals surface area contributed by atoms with Crippen molar-refractivity contribution in [2.75, 3.05) is 23.9 Å². The van der Waals surface area contributed by atoms with Crippen molar-refractivity contribution in [1.82, 2.24) is 4.98 Å². The molecule has 174 valence electrons. The first-order valence-electron chi connectivity index (χ1n) is 11.1. The molecule has 0 radical (unpaired) electrons. The highest BCUT2D eigenvalue weighted by molar-refractivity contribution is 5.71. The fourth-order valence-electron chi connectivity index (χ4n) is 4.31. The number of anilines is 2. The summed E-state index contributed by atoms with van der Waals surface area (Å²) in [7, 11) is 1.67. The number of methoxy groups -OCH3 is 1. The summed E-state index contributed by atoms with van der Waals surface area (Å²) in [6.45, 7) is 3.81. The molecule has 4 nitrogen and oxygen atoms in total. The Morgan fingerprint density at radius 3 is 2.61 bits per heavy atom. The molecule has 1 aliphatic heterocycles. The van der Waals surface area contributed by atoms with Gasteiger partial charge in [0, 0.05) is 26.4 Å². The van der Waals surface area contributed by atoms with Crippen LogP contribution in [0.3, 0.4) is 0 Å². The Hall–Kier alpha value is -3.06. The highest BCUT2D eigenvalue weighted by Crippen LogP contribution is 2.36. The predicted octanol–water partition coefficient (Wildman–Crippen LogP) is 6.37. The second-order valence-electron chi connectivity index (χ2n) is 8.43. The van der Waals surface area contributed by atoms with Crippen LogP contribution in [0.5, 0.6) is 0 Å². The van der Waals surface area contributed by atoms with Gasteiger partial charge in [0.2, 0.25) is 0 Å². The maximum atomic E-state index is 13.2. The fourth-order valence-corrected chi connectivity index (χ4v) is 4.31. The van der Waals surface area contributed by atoms with Crippen LogP contribution in [0.25, 0.3) is 0 Å². The fraction of sp³-hybridized carbons (Fsp3) is 0.346. The molecule has 1 N–H and O–H groups in total. The normalized spacial score (nSPS) is 14.6. The lowest BCUT2D eigenvalue weighted by Crippen LogP contribution is -2.30. The number of alkyl halides is 3. The monoisotopic (exact) mass is 455 g/mol. The van der Waals surface area contributed by atoms with Crippen LogP contribution in [0.2, 0.25) is 0 Å². The van der Waals surface area contributed by atoms with Crippen LogP contribution in [-0.2, 0) is 30.5 Å². The molecule has 0 saturated heterocycles. The lowest BCUT2D eigenvalue weighted by Gasteiger charge is -2.33. The second-order valence-corrected chi connectivity index (χ2v) is 8.43. The average Bonchev–Trinajstić information content (AvgIpc) is 2.80. The summed E-state index contributed by atoms with van der Waals surface area (Å²) in [6, 6.07) is 15.8. The van der Waals surface area contributed by atoms with E-state index in [1.54, 1.807) is 19.4 Å². The van der Waals surface area contributed by atoms with E-state index < -0.39 is 11.7 Å². The molecule has 1 unspecified atom stereocenters. The average molecular weight is 456 g/mol. The number of hydrogen-bond donors (Lipinski definition) is 1. The molecule has 7 heteroatoms. The Bertz CT molecular complexity index is 1080. The van der Waals surface area contributed by atoms with Crippen LogP contribution < -0.4 is 10.2 Å². The van der Waals surface area contributed by atoms with Crippen LogP contribution in [-0.4, -0.2) is 18.6 Å². The van der Waals surface area contributed by atoms with Crippen molar-refractivity contribution in [3.8, 4) is 0 Å². The van der Waals surface area contributed by atoms with Gasteiger partial charge in [-0.15, -0.1) is 0 Å². The number of rotatable bonds is 7. The van der Waals surface area contributed by atoms with Gasteiger partial charge in [0.05, 0.1) is 23.9 Å². The van der Waals surface area contributed by atoms with Gasteiger partial charge in [-0.1, -0.05) is 36.4 Å². The van der Waals surface area contributed by atoms with Crippen molar-refractivity contribution in [3.63, 3.8) is 0 Å². The standard InChI is InChI=1S/C26H28F3N3O/c1-18(21-10-8-19(9-11-21)17-33-2)31-25-24-22(12-13-30-25)6-4-14-32(24)16-20-5-3-7-23(15-20)26(27,28)29/h3,5,7-13,15,18H,4,6,14,16-17H2,1-2H3,(H,30,31). The number of nitrogens with one attached hydrogen (secondary N) is 1. The maximum Gasteiger partial charge on any atom is 0.416 e. The van der Waals surface area contributed by atoms with Gasteiger partial charge >= 0.3 is 6.18 Å². The lowest BCUT2D eigenvalue weighted by molar-refractivity contribution is -0.137. The van der Waals surface area contributed by atoms with Crippen molar-refractivity contribution in [3.05, 3.63) is 88.6 Å². The highest BCUT2D eigenvalue weighted by atomic mass is 19.4. The summed E-state index contributed by atoms with van der Waals surface area (Å²) >= 11 is 0. The molecular weight excluding hydrogens is 427 g/mol. The summed E-state index contributed by atoms with van der Waals surface area (Å²) in [5.41, 5.74) is 4.38. The lowest BCUT2D eigenvalue weighted by atomic mass is 10.0. The van der Waals surface area contributed by atoms with E-state index in [0.29, 0.717) is 18.7 Å². The number of aromatic nitrogens is 1. The largest absolute Gasteiger partial charge is 0.416 e. The first kappa shape index (κ1) is 23.1. The molecule has 1 aliphatic rings. The number of hydrogen-bond acceptors (Lipinski definition) is 4. The number of nitrogens with zero attached hydrogens (tertiary/aromatic N) is 2. The molecule has 0 bridgehead atoms. The molecular formula is C26H28F3N3O. The maximum absolute atomic E-state index is 13.2. The van der Waals surface area contributed by atoms with Crippen molar-refractivity contribution >= 4 is 11.5 Å². The van der Waals surface area contributed by atoms with E-state index in [0.717, 1.165) is 53.6 Å². The molecule has 2 aromatic carbocycles. The molecule has 4 rings (SSSR count). The minimum atomic E-state index is -4.35. The SMILES string of the molecule is COCc1ccc(C(C)Nc2nccc3c2N(Cc2cccc(C(F)(F)F)c2)CCC3)cc1. The van der Waals surface area contributed by atoms with E-state index in [-0.39, 0.29) is 6.04 Å². The first-order chi connectivity index (χ1) is 15.8. The van der Waals surface area contributed by atoms with E-state index in [2.05, 4.69) is 34.3 Å². The summed E-state index contributed by atoms with van der Waals surface area (Å²) in [6.07, 6.45) is -0.681. The summed E-state index contributed by atoms with van der Waals surface area (Å²) < 4.78 is 44.7. The van der Waals surface area contributed by atoms with Crippen LogP contribution >= 0.6 is 0 Å². The predicted molar refractivity (Wildman–Crippen MR) is 124 cm³/mol. The molecule has 1 aromatic heterocycles. The quantitative estimate of drug-likeness (QED) is 0.449. The zero-order chi connectivity index (χ0) is 23.4. The van der Waals surface area contributed by atoms with Gasteiger partial charge in [-0.2, -0.15) is 13.2 Å². The Kier molecular flexibility index (Phi) is 6.88. The van der Waals surface area contributed by atoms with Crippen LogP contribution in [0.1, 0.15) is 47.2 Å². The van der Waals surface area contributed by atoms with Crippen molar-refractivity contribution in [2.24, 2.45) is 0 Å². The number of ether oxygens (including phenoxy) is 1. The molecule has 3 aromatic rings. The van der Waals surface area contributed by atoms with E-state index in [1.165, 1.54) is 12.1 Å². The van der Waals surface area contributed by atoms with Gasteiger partial charge in [0.15, 0.2) is 0 Å². The Labute approximate surface area is 192 Å². The number of halogens is 3. The van der Waals surface area contributed by atoms with E-state index >= 15 is 0 Å². The van der Waals surface area contributed by atoms with Crippen molar-refractivity contribution < 1.29 is 17.9 Å². The van der Waals surface area contributed by atoms with Gasteiger partial charge in [-0.3, -0.25) is 0 Å². The molecule has 0 saturated carbocycles. The third kappa shape index (κ3) is 5.47. The Morgan fingerprint density at radius 1 is 1.09 bits per heavy atom. The van der Waals surface area contributed by atoms with Gasteiger partial charge in [0.1, 0.15) is 5.82 Å². The van der Waals surface area contributed by atoms with Crippen molar-refractivity contribution in [1.29, 1.82) is 0 Å². The minimum absolute atomic E-state index is 0.0120. The number of aryl methyl sites for hydroxylation is 1. The third-order valence-corrected chi connectivity index (χ3v) is 5.97. The topological polar surface area (TPSA) is 37.4 Å². The van der Waals surface area contributed by atoms with Gasteiger partial charge in [0.25, 0.3) is 0 Å². The molecule has 0 aliphatic carbocycles. The molecule has 0 spiro atoms. The number of benzene rings is 2. The summed E-state index contributed by atoms with van der Waals surface area (Å²) in [5, 5.41) is 3.53. The number of fused-ring (bicyclic) bond motifs is 1. The van der Waals surface area contributed by atoms with Crippen LogP contribution in [0, 0.1) is 0 Å².